The Hall–Kier alpha value is -1.64. The third-order valence-electron chi connectivity index (χ3n) is 4.20. The lowest BCUT2D eigenvalue weighted by Gasteiger charge is -2.22. The van der Waals surface area contributed by atoms with Crippen LogP contribution in [0.5, 0.6) is 0 Å². The second-order valence-electron chi connectivity index (χ2n) is 5.96. The van der Waals surface area contributed by atoms with E-state index in [4.69, 9.17) is 0 Å². The molecule has 1 heterocycles. The smallest absolute Gasteiger partial charge is 0.238 e. The lowest BCUT2D eigenvalue weighted by Crippen LogP contribution is -2.43. The molecule has 26 heavy (non-hydrogen) atoms. The molecule has 138 valence electrons. The van der Waals surface area contributed by atoms with Crippen molar-refractivity contribution in [1.29, 1.82) is 0 Å². The molecule has 2 aromatic rings. The number of rotatable bonds is 5. The zero-order chi connectivity index (χ0) is 18.7. The normalized spacial score (nSPS) is 18.7. The molecule has 0 radical (unpaired) electrons. The van der Waals surface area contributed by atoms with Crippen LogP contribution in [0.1, 0.15) is 18.4 Å². The Labute approximate surface area is 161 Å². The lowest BCUT2D eigenvalue weighted by atomic mass is 10.2. The molecule has 0 aliphatic carbocycles. The van der Waals surface area contributed by atoms with E-state index < -0.39 is 28.7 Å². The molecule has 2 atom stereocenters. The summed E-state index contributed by atoms with van der Waals surface area (Å²) >= 11 is 3.27. The molecular formula is C18H17BrF2N2O2S. The van der Waals surface area contributed by atoms with Crippen molar-refractivity contribution >= 4 is 32.8 Å². The van der Waals surface area contributed by atoms with Crippen LogP contribution >= 0.6 is 15.9 Å². The van der Waals surface area contributed by atoms with Gasteiger partial charge in [0.05, 0.1) is 4.90 Å². The van der Waals surface area contributed by atoms with Crippen LogP contribution in [0, 0.1) is 11.6 Å². The summed E-state index contributed by atoms with van der Waals surface area (Å²) in [4.78, 5) is 13.0. The van der Waals surface area contributed by atoms with Gasteiger partial charge in [-0.25, -0.2) is 17.3 Å². The van der Waals surface area contributed by atoms with E-state index in [1.54, 1.807) is 16.4 Å². The Morgan fingerprint density at radius 1 is 1.23 bits per heavy atom. The fraction of sp³-hybridized carbons (Fsp3) is 0.278. The van der Waals surface area contributed by atoms with Crippen molar-refractivity contribution in [1.82, 2.24) is 9.62 Å². The molecule has 1 aliphatic heterocycles. The maximum atomic E-state index is 13.8. The monoisotopic (exact) mass is 442 g/mol. The highest BCUT2D eigenvalue weighted by atomic mass is 79.9. The average Bonchev–Trinajstić information content (AvgIpc) is 3.12. The molecule has 0 spiro atoms. The SMILES string of the molecule is O=C(NCc1cc(Br)ccc1F)C1CCCN1S(=O)c1ccc(F)cc1. The fourth-order valence-electron chi connectivity index (χ4n) is 2.87. The summed E-state index contributed by atoms with van der Waals surface area (Å²) in [7, 11) is -1.55. The molecule has 1 amide bonds. The number of nitrogens with one attached hydrogen (secondary N) is 1. The van der Waals surface area contributed by atoms with Gasteiger partial charge in [-0.15, -0.1) is 0 Å². The minimum Gasteiger partial charge on any atom is -0.351 e. The van der Waals surface area contributed by atoms with Gasteiger partial charge in [0.2, 0.25) is 5.91 Å². The highest BCUT2D eigenvalue weighted by Crippen LogP contribution is 2.24. The van der Waals surface area contributed by atoms with Gasteiger partial charge in [0.1, 0.15) is 28.7 Å². The van der Waals surface area contributed by atoms with Gasteiger partial charge >= 0.3 is 0 Å². The zero-order valence-corrected chi connectivity index (χ0v) is 16.2. The first-order chi connectivity index (χ1) is 12.5. The van der Waals surface area contributed by atoms with E-state index in [0.717, 1.165) is 10.9 Å². The molecule has 0 bridgehead atoms. The van der Waals surface area contributed by atoms with Crippen LogP contribution in [0.4, 0.5) is 8.78 Å². The number of hydrogen-bond acceptors (Lipinski definition) is 2. The quantitative estimate of drug-likeness (QED) is 0.769. The van der Waals surface area contributed by atoms with Crippen LogP contribution in [0.15, 0.2) is 51.8 Å². The minimum atomic E-state index is -1.55. The molecule has 0 saturated carbocycles. The van der Waals surface area contributed by atoms with Gasteiger partial charge in [0.15, 0.2) is 0 Å². The Bertz CT molecular complexity index is 832. The van der Waals surface area contributed by atoms with Gasteiger partial charge in [-0.05, 0) is 55.3 Å². The lowest BCUT2D eigenvalue weighted by molar-refractivity contribution is -0.124. The maximum absolute atomic E-state index is 13.8. The molecular weight excluding hydrogens is 426 g/mol. The summed E-state index contributed by atoms with van der Waals surface area (Å²) in [6, 6.07) is 9.37. The highest BCUT2D eigenvalue weighted by Gasteiger charge is 2.34. The van der Waals surface area contributed by atoms with Gasteiger partial charge in [-0.3, -0.25) is 4.79 Å². The van der Waals surface area contributed by atoms with Gasteiger partial charge in [-0.1, -0.05) is 15.9 Å². The van der Waals surface area contributed by atoms with Crippen molar-refractivity contribution in [3.63, 3.8) is 0 Å². The van der Waals surface area contributed by atoms with Crippen molar-refractivity contribution in [3.05, 3.63) is 64.1 Å². The van der Waals surface area contributed by atoms with Gasteiger partial charge in [0.25, 0.3) is 0 Å². The first-order valence-corrected chi connectivity index (χ1v) is 10.0. The third-order valence-corrected chi connectivity index (χ3v) is 6.23. The number of halogens is 3. The molecule has 2 aromatic carbocycles. The summed E-state index contributed by atoms with van der Waals surface area (Å²) in [5.74, 6) is -1.10. The first kappa shape index (κ1) is 19.1. The van der Waals surface area contributed by atoms with E-state index in [1.165, 1.54) is 30.3 Å². The van der Waals surface area contributed by atoms with Crippen LogP contribution < -0.4 is 5.32 Å². The van der Waals surface area contributed by atoms with Crippen molar-refractivity contribution < 1.29 is 17.8 Å². The van der Waals surface area contributed by atoms with E-state index in [-0.39, 0.29) is 12.5 Å². The number of carbonyl (C=O) groups excluding carboxylic acids is 1. The highest BCUT2D eigenvalue weighted by molar-refractivity contribution is 9.10. The summed E-state index contributed by atoms with van der Waals surface area (Å²) in [5.41, 5.74) is 0.372. The van der Waals surface area contributed by atoms with Crippen LogP contribution in [-0.2, 0) is 22.3 Å². The minimum absolute atomic E-state index is 0.0532. The van der Waals surface area contributed by atoms with Gasteiger partial charge < -0.3 is 5.32 Å². The van der Waals surface area contributed by atoms with Gasteiger partial charge in [0, 0.05) is 23.1 Å². The van der Waals surface area contributed by atoms with E-state index in [9.17, 15) is 17.8 Å². The summed E-state index contributed by atoms with van der Waals surface area (Å²) in [6.07, 6.45) is 1.30. The molecule has 1 N–H and O–H groups in total. The summed E-state index contributed by atoms with van der Waals surface area (Å²) in [5, 5.41) is 2.72. The number of benzene rings is 2. The molecule has 3 rings (SSSR count). The number of nitrogens with zero attached hydrogens (tertiary/aromatic N) is 1. The molecule has 8 heteroatoms. The maximum Gasteiger partial charge on any atom is 0.238 e. The Morgan fingerprint density at radius 3 is 2.69 bits per heavy atom. The zero-order valence-electron chi connectivity index (χ0n) is 13.8. The van der Waals surface area contributed by atoms with Crippen LogP contribution in [-0.4, -0.2) is 27.0 Å². The van der Waals surface area contributed by atoms with E-state index in [1.807, 2.05) is 0 Å². The van der Waals surface area contributed by atoms with Crippen LogP contribution in [0.3, 0.4) is 0 Å². The Kier molecular flexibility index (Phi) is 6.16. The largest absolute Gasteiger partial charge is 0.351 e. The predicted octanol–water partition coefficient (Wildman–Crippen LogP) is 3.53. The average molecular weight is 443 g/mol. The van der Waals surface area contributed by atoms with E-state index in [0.29, 0.717) is 23.4 Å². The Balaban J connectivity index is 1.67. The predicted molar refractivity (Wildman–Crippen MR) is 98.5 cm³/mol. The number of hydrogen-bond donors (Lipinski definition) is 1. The first-order valence-electron chi connectivity index (χ1n) is 8.11. The topological polar surface area (TPSA) is 49.4 Å². The second-order valence-corrected chi connectivity index (χ2v) is 8.31. The second kappa shape index (κ2) is 8.37. The number of carbonyl (C=O) groups is 1. The molecule has 4 nitrogen and oxygen atoms in total. The van der Waals surface area contributed by atoms with Crippen molar-refractivity contribution in [3.8, 4) is 0 Å². The van der Waals surface area contributed by atoms with Crippen LogP contribution in [0.2, 0.25) is 0 Å². The molecule has 1 fully saturated rings. The van der Waals surface area contributed by atoms with Crippen molar-refractivity contribution in [2.75, 3.05) is 6.54 Å². The summed E-state index contributed by atoms with van der Waals surface area (Å²) < 4.78 is 41.9. The Morgan fingerprint density at radius 2 is 1.96 bits per heavy atom. The van der Waals surface area contributed by atoms with E-state index >= 15 is 0 Å². The molecule has 1 saturated heterocycles. The summed E-state index contributed by atoms with van der Waals surface area (Å²) in [6.45, 7) is 0.560. The molecule has 1 aliphatic rings. The fourth-order valence-corrected chi connectivity index (χ4v) is 4.64. The molecule has 0 aromatic heterocycles. The van der Waals surface area contributed by atoms with Gasteiger partial charge in [-0.2, -0.15) is 0 Å². The molecule has 2 unspecified atom stereocenters. The van der Waals surface area contributed by atoms with Crippen LogP contribution in [0.25, 0.3) is 0 Å². The third kappa shape index (κ3) is 4.36. The standard InChI is InChI=1S/C18H17BrF2N2O2S/c19-13-3-8-16(21)12(10-13)11-22-18(24)17-2-1-9-23(17)26(25)15-6-4-14(20)5-7-15/h3-8,10,17H,1-2,9,11H2,(H,22,24). The van der Waals surface area contributed by atoms with Crippen molar-refractivity contribution in [2.45, 2.75) is 30.3 Å². The van der Waals surface area contributed by atoms with Crippen molar-refractivity contribution in [2.24, 2.45) is 0 Å². The number of amides is 1. The van der Waals surface area contributed by atoms with E-state index in [2.05, 4.69) is 21.2 Å².